The van der Waals surface area contributed by atoms with Crippen LogP contribution in [0.2, 0.25) is 0 Å². The molecule has 8 nitrogen and oxygen atoms in total. The summed E-state index contributed by atoms with van der Waals surface area (Å²) < 4.78 is 4.61. The maximum Gasteiger partial charge on any atom is 0.444 e. The fraction of sp³-hybridized carbons (Fsp3) is 0. The molecule has 1 aliphatic heterocycles. The molecule has 0 spiro atoms. The number of aromatic amines is 1. The van der Waals surface area contributed by atoms with Gasteiger partial charge in [0.1, 0.15) is 5.56 Å². The van der Waals surface area contributed by atoms with Crippen molar-refractivity contribution in [2.75, 3.05) is 0 Å². The van der Waals surface area contributed by atoms with Crippen LogP contribution in [0.1, 0.15) is 37.0 Å². The highest BCUT2D eigenvalue weighted by Gasteiger charge is 2.49. The zero-order chi connectivity index (χ0) is 28.3. The number of pyridine rings is 2. The number of H-pyrrole nitrogens is 1. The average Bonchev–Trinajstić information content (AvgIpc) is 3.39. The van der Waals surface area contributed by atoms with Gasteiger partial charge in [0.25, 0.3) is 17.2 Å². The highest BCUT2D eigenvalue weighted by atomic mass is 79.9. The minimum absolute atomic E-state index is 0.0734. The number of aromatic nitrogens is 3. The molecular weight excluding hydrogens is 776 g/mol. The molecule has 6 rings (SSSR count). The number of halogens is 4. The molecule has 0 saturated heterocycles. The molecule has 0 atom stereocenters. The monoisotopic (exact) mass is 786 g/mol. The quantitative estimate of drug-likeness (QED) is 0.211. The Morgan fingerprint density at radius 3 is 2.35 bits per heavy atom. The van der Waals surface area contributed by atoms with Crippen LogP contribution >= 0.6 is 63.7 Å². The predicted octanol–water partition coefficient (Wildman–Crippen LogP) is 6.46. The first-order chi connectivity index (χ1) is 19.2. The van der Waals surface area contributed by atoms with Crippen molar-refractivity contribution in [2.45, 2.75) is 0 Å². The van der Waals surface area contributed by atoms with Crippen molar-refractivity contribution in [1.29, 1.82) is 0 Å². The summed E-state index contributed by atoms with van der Waals surface area (Å²) in [6.45, 7) is 0. The summed E-state index contributed by atoms with van der Waals surface area (Å²) in [6.07, 6.45) is 3.07. The van der Waals surface area contributed by atoms with Gasteiger partial charge in [-0.2, -0.15) is 0 Å². The first-order valence-electron chi connectivity index (χ1n) is 11.6. The SMILES string of the molecule is O=C1C(c2c(O)c3cc(Br)cc(Br)c3n2C(=O)c2cccc[nH+]2)=[N+](C(=O)c2ccccn2)c2c(Br)cc(Br)cc21. The van der Waals surface area contributed by atoms with Gasteiger partial charge in [0, 0.05) is 37.1 Å². The lowest BCUT2D eigenvalue weighted by atomic mass is 10.1. The number of hydrogen-bond donors (Lipinski definition) is 1. The number of rotatable bonds is 3. The highest BCUT2D eigenvalue weighted by molar-refractivity contribution is 9.11. The van der Waals surface area contributed by atoms with Crippen molar-refractivity contribution < 1.29 is 29.0 Å². The second-order valence-corrected chi connectivity index (χ2v) is 12.3. The van der Waals surface area contributed by atoms with E-state index in [1.54, 1.807) is 60.8 Å². The van der Waals surface area contributed by atoms with Gasteiger partial charge < -0.3 is 5.11 Å². The van der Waals surface area contributed by atoms with Crippen LogP contribution < -0.4 is 4.98 Å². The van der Waals surface area contributed by atoms with E-state index in [0.29, 0.717) is 28.8 Å². The van der Waals surface area contributed by atoms with E-state index in [1.807, 2.05) is 0 Å². The summed E-state index contributed by atoms with van der Waals surface area (Å²) in [7, 11) is 0. The molecule has 40 heavy (non-hydrogen) atoms. The molecular formula is C28H14Br4N4O4+2. The van der Waals surface area contributed by atoms with Gasteiger partial charge in [-0.3, -0.25) is 14.2 Å². The minimum atomic E-state index is -0.610. The Bertz CT molecular complexity index is 1950. The smallest absolute Gasteiger partial charge is 0.444 e. The van der Waals surface area contributed by atoms with Crippen LogP contribution in [-0.4, -0.2) is 42.5 Å². The Kier molecular flexibility index (Phi) is 6.89. The van der Waals surface area contributed by atoms with Crippen molar-refractivity contribution in [1.82, 2.24) is 9.55 Å². The van der Waals surface area contributed by atoms with E-state index in [1.165, 1.54) is 21.4 Å². The Hall–Kier alpha value is -3.32. The number of ketones is 1. The predicted molar refractivity (Wildman–Crippen MR) is 160 cm³/mol. The van der Waals surface area contributed by atoms with E-state index in [9.17, 15) is 19.5 Å². The molecule has 0 aliphatic carbocycles. The molecule has 3 aromatic heterocycles. The topological polar surface area (TPSA) is 106 Å². The fourth-order valence-electron chi connectivity index (χ4n) is 4.71. The second kappa shape index (κ2) is 10.3. The first-order valence-corrected chi connectivity index (χ1v) is 14.8. The summed E-state index contributed by atoms with van der Waals surface area (Å²) in [5, 5.41) is 12.0. The molecule has 1 amide bonds. The molecule has 0 unspecified atom stereocenters. The molecule has 0 bridgehead atoms. The first kappa shape index (κ1) is 26.9. The van der Waals surface area contributed by atoms with Crippen LogP contribution in [-0.2, 0) is 0 Å². The third-order valence-corrected chi connectivity index (χ3v) is 8.47. The number of aromatic hydroxyl groups is 1. The van der Waals surface area contributed by atoms with E-state index < -0.39 is 17.6 Å². The van der Waals surface area contributed by atoms with E-state index in [2.05, 4.69) is 73.7 Å². The number of amides is 1. The second-order valence-electron chi connectivity index (χ2n) is 8.71. The molecule has 2 N–H and O–H groups in total. The van der Waals surface area contributed by atoms with E-state index in [4.69, 9.17) is 0 Å². The Balaban J connectivity index is 1.77. The van der Waals surface area contributed by atoms with Crippen LogP contribution in [0.5, 0.6) is 5.75 Å². The zero-order valence-corrected chi connectivity index (χ0v) is 26.3. The van der Waals surface area contributed by atoms with Gasteiger partial charge >= 0.3 is 11.8 Å². The molecule has 0 saturated carbocycles. The van der Waals surface area contributed by atoms with Gasteiger partial charge in [-0.25, -0.2) is 14.8 Å². The number of carbonyl (C=O) groups excluding carboxylic acids is 3. The van der Waals surface area contributed by atoms with Crippen molar-refractivity contribution in [3.8, 4) is 5.75 Å². The maximum atomic E-state index is 14.2. The van der Waals surface area contributed by atoms with Gasteiger partial charge in [-0.15, -0.1) is 4.58 Å². The lowest BCUT2D eigenvalue weighted by Crippen LogP contribution is -2.31. The van der Waals surface area contributed by atoms with Crippen LogP contribution in [0.3, 0.4) is 0 Å². The summed E-state index contributed by atoms with van der Waals surface area (Å²) in [4.78, 5) is 49.4. The lowest BCUT2D eigenvalue weighted by Gasteiger charge is -2.07. The number of Topliss-reactive ketones (excluding diaryl/α,β-unsaturated/α-hetero) is 1. The summed E-state index contributed by atoms with van der Waals surface area (Å²) in [5.74, 6) is -2.06. The lowest BCUT2D eigenvalue weighted by molar-refractivity contribution is -0.382. The summed E-state index contributed by atoms with van der Waals surface area (Å²) in [6, 6.07) is 16.5. The molecule has 1 aliphatic rings. The molecule has 4 heterocycles. The number of fused-ring (bicyclic) bond motifs is 2. The molecule has 0 fully saturated rings. The molecule has 12 heteroatoms. The van der Waals surface area contributed by atoms with Crippen LogP contribution in [0, 0.1) is 0 Å². The van der Waals surface area contributed by atoms with Gasteiger partial charge in [-0.05, 0) is 74.3 Å². The van der Waals surface area contributed by atoms with Crippen molar-refractivity contribution in [3.63, 3.8) is 0 Å². The number of nitrogens with one attached hydrogen (secondary N) is 1. The minimum Gasteiger partial charge on any atom is -0.505 e. The Morgan fingerprint density at radius 2 is 1.65 bits per heavy atom. The van der Waals surface area contributed by atoms with Crippen LogP contribution in [0.15, 0.2) is 90.9 Å². The number of nitrogens with zero attached hydrogens (tertiary/aromatic N) is 3. The van der Waals surface area contributed by atoms with Crippen molar-refractivity contribution in [2.24, 2.45) is 0 Å². The maximum absolute atomic E-state index is 14.2. The van der Waals surface area contributed by atoms with Crippen LogP contribution in [0.25, 0.3) is 10.9 Å². The van der Waals surface area contributed by atoms with Gasteiger partial charge in [0.2, 0.25) is 5.69 Å². The summed E-state index contributed by atoms with van der Waals surface area (Å²) in [5.41, 5.74) is 0.745. The Labute approximate surface area is 259 Å². The average molecular weight is 790 g/mol. The number of hydrogen-bond acceptors (Lipinski definition) is 5. The van der Waals surface area contributed by atoms with E-state index >= 15 is 0 Å². The van der Waals surface area contributed by atoms with Crippen molar-refractivity contribution >= 4 is 104 Å². The molecule has 2 aromatic carbocycles. The van der Waals surface area contributed by atoms with E-state index in [-0.39, 0.29) is 39.8 Å². The largest absolute Gasteiger partial charge is 0.505 e. The normalized spacial score (nSPS) is 12.8. The standard InChI is InChI=1S/C28H12Br4N4O4/c29-13-9-15-21(17(31)11-13)35(27(39)19-5-1-3-7-33-19)23(25(15)37)24-26(38)16-10-14(30)12-18(32)22(16)36(24)28(40)20-6-2-4-8-34-20/h1-12H/p+2. The Morgan fingerprint density at radius 1 is 0.925 bits per heavy atom. The zero-order valence-electron chi connectivity index (χ0n) is 20.0. The third kappa shape index (κ3) is 4.21. The molecule has 0 radical (unpaired) electrons. The van der Waals surface area contributed by atoms with Crippen molar-refractivity contribution in [3.05, 3.63) is 114 Å². The molecule has 196 valence electrons. The number of carbonyl (C=O) groups is 3. The highest BCUT2D eigenvalue weighted by Crippen LogP contribution is 2.44. The molecule has 5 aromatic rings. The number of benzene rings is 2. The van der Waals surface area contributed by atoms with Gasteiger partial charge in [0.15, 0.2) is 23.3 Å². The van der Waals surface area contributed by atoms with Gasteiger partial charge in [-0.1, -0.05) is 37.9 Å². The third-order valence-electron chi connectivity index (χ3n) is 6.34. The van der Waals surface area contributed by atoms with Gasteiger partial charge in [0.05, 0.1) is 9.99 Å². The van der Waals surface area contributed by atoms with E-state index in [0.717, 1.165) is 0 Å². The summed E-state index contributed by atoms with van der Waals surface area (Å²) >= 11 is 13.9. The van der Waals surface area contributed by atoms with Crippen LogP contribution in [0.4, 0.5) is 5.69 Å². The fourth-order valence-corrected chi connectivity index (χ4v) is 7.52.